The van der Waals surface area contributed by atoms with E-state index in [1.54, 1.807) is 0 Å². The summed E-state index contributed by atoms with van der Waals surface area (Å²) in [4.78, 5) is 2.39. The fourth-order valence-electron chi connectivity index (χ4n) is 5.80. The maximum absolute atomic E-state index is 2.42. The van der Waals surface area contributed by atoms with Crippen LogP contribution in [0.3, 0.4) is 0 Å². The van der Waals surface area contributed by atoms with E-state index in [2.05, 4.69) is 144 Å². The molecule has 0 unspecified atom stereocenters. The van der Waals surface area contributed by atoms with Crippen molar-refractivity contribution in [3.63, 3.8) is 0 Å². The summed E-state index contributed by atoms with van der Waals surface area (Å²) in [5.74, 6) is 0. The summed E-state index contributed by atoms with van der Waals surface area (Å²) in [6, 6.07) is 51.1. The molecule has 8 rings (SSSR count). The molecule has 0 atom stereocenters. The normalized spacial score (nSPS) is 11.7. The molecule has 2 heteroatoms. The van der Waals surface area contributed by atoms with Crippen LogP contribution in [0.5, 0.6) is 0 Å². The molecule has 178 valence electrons. The summed E-state index contributed by atoms with van der Waals surface area (Å²) < 4.78 is 2.96. The number of para-hydroxylation sites is 1. The second-order valence-electron chi connectivity index (χ2n) is 9.81. The molecule has 0 aliphatic carbocycles. The van der Waals surface area contributed by atoms with Crippen molar-refractivity contribution in [1.29, 1.82) is 0 Å². The Morgan fingerprint density at radius 1 is 0.368 bits per heavy atom. The van der Waals surface area contributed by atoms with Crippen LogP contribution in [0.4, 0.5) is 17.1 Å². The first-order valence-corrected chi connectivity index (χ1v) is 14.7. The molecule has 1 aromatic heterocycles. The van der Waals surface area contributed by atoms with Crippen LogP contribution < -0.4 is 4.90 Å². The van der Waals surface area contributed by atoms with Gasteiger partial charge in [0.2, 0.25) is 0 Å². The molecule has 7 aromatic carbocycles. The van der Waals surface area contributed by atoms with Gasteiger partial charge in [0.05, 0.1) is 0 Å². The van der Waals surface area contributed by atoms with Crippen molar-refractivity contribution in [1.82, 2.24) is 0 Å². The number of rotatable bonds is 3. The van der Waals surface area contributed by atoms with E-state index < -0.39 is 0 Å². The summed E-state index contributed by atoms with van der Waals surface area (Å²) in [7, 11) is 0. The first-order chi connectivity index (χ1) is 18.8. The van der Waals surface area contributed by atoms with Gasteiger partial charge < -0.3 is 0 Å². The molecular formula is C36H23NSe. The van der Waals surface area contributed by atoms with Crippen LogP contribution in [0.1, 0.15) is 0 Å². The molecule has 0 N–H and O–H groups in total. The first kappa shape index (κ1) is 21.7. The quantitative estimate of drug-likeness (QED) is 0.157. The molecule has 8 aromatic rings. The molecule has 0 amide bonds. The van der Waals surface area contributed by atoms with E-state index in [9.17, 15) is 0 Å². The van der Waals surface area contributed by atoms with E-state index >= 15 is 0 Å². The van der Waals surface area contributed by atoms with Gasteiger partial charge in [-0.2, -0.15) is 0 Å². The van der Waals surface area contributed by atoms with Crippen LogP contribution in [0.25, 0.3) is 51.6 Å². The van der Waals surface area contributed by atoms with Gasteiger partial charge in [-0.15, -0.1) is 0 Å². The Morgan fingerprint density at radius 3 is 1.79 bits per heavy atom. The van der Waals surface area contributed by atoms with E-state index in [0.717, 1.165) is 0 Å². The number of hydrogen-bond donors (Lipinski definition) is 0. The predicted octanol–water partition coefficient (Wildman–Crippen LogP) is 9.98. The summed E-state index contributed by atoms with van der Waals surface area (Å²) in [6.45, 7) is 0. The van der Waals surface area contributed by atoms with Crippen molar-refractivity contribution in [2.45, 2.75) is 0 Å². The molecule has 0 aliphatic heterocycles. The van der Waals surface area contributed by atoms with Crippen molar-refractivity contribution in [3.05, 3.63) is 140 Å². The summed E-state index contributed by atoms with van der Waals surface area (Å²) in [5.41, 5.74) is 3.54. The third-order valence-corrected chi connectivity index (χ3v) is 10.1. The zero-order valence-corrected chi connectivity index (χ0v) is 22.3. The summed E-state index contributed by atoms with van der Waals surface area (Å²) >= 11 is 0.270. The number of hydrogen-bond acceptors (Lipinski definition) is 1. The van der Waals surface area contributed by atoms with Gasteiger partial charge in [-0.1, -0.05) is 0 Å². The van der Waals surface area contributed by atoms with Crippen molar-refractivity contribution in [3.8, 4) is 0 Å². The number of anilines is 3. The van der Waals surface area contributed by atoms with Gasteiger partial charge in [0.1, 0.15) is 0 Å². The third-order valence-electron chi connectivity index (χ3n) is 7.61. The number of benzene rings is 7. The van der Waals surface area contributed by atoms with Crippen LogP contribution in [-0.2, 0) is 0 Å². The van der Waals surface area contributed by atoms with E-state index in [0.29, 0.717) is 0 Å². The standard InChI is InChI=1S/C36H23NSe/c1-2-10-27(11-3-1)37(28-17-20-31-26(22-28)15-14-24-8-4-6-12-30(24)31)29-18-21-33-34-19-16-25-9-5-7-13-32(25)36(34)38-35(33)23-29/h1-23H. The Bertz CT molecular complexity index is 2140. The zero-order valence-electron chi connectivity index (χ0n) is 20.6. The molecule has 38 heavy (non-hydrogen) atoms. The Balaban J connectivity index is 1.34. The van der Waals surface area contributed by atoms with Gasteiger partial charge in [-0.05, 0) is 0 Å². The SMILES string of the molecule is c1ccc(N(c2ccc3c(ccc4ccccc43)c2)c2ccc3c(c2)[se]c2c4ccccc4ccc32)cc1. The molecular weight excluding hydrogens is 525 g/mol. The first-order valence-electron chi connectivity index (χ1n) is 12.9. The molecule has 0 fully saturated rings. The predicted molar refractivity (Wildman–Crippen MR) is 166 cm³/mol. The molecule has 1 heterocycles. The van der Waals surface area contributed by atoms with Crippen LogP contribution in [-0.4, -0.2) is 14.5 Å². The molecule has 0 saturated heterocycles. The average molecular weight is 549 g/mol. The Labute approximate surface area is 226 Å². The molecule has 0 bridgehead atoms. The molecule has 0 saturated carbocycles. The Hall–Kier alpha value is -4.36. The van der Waals surface area contributed by atoms with Crippen LogP contribution in [0.15, 0.2) is 140 Å². The Morgan fingerprint density at radius 2 is 0.947 bits per heavy atom. The van der Waals surface area contributed by atoms with E-state index in [1.165, 1.54) is 68.7 Å². The topological polar surface area (TPSA) is 3.24 Å². The third kappa shape index (κ3) is 3.39. The maximum atomic E-state index is 2.42. The second-order valence-corrected chi connectivity index (χ2v) is 12.0. The fraction of sp³-hybridized carbons (Fsp3) is 0. The van der Waals surface area contributed by atoms with Gasteiger partial charge in [0.25, 0.3) is 0 Å². The molecule has 0 radical (unpaired) electrons. The van der Waals surface area contributed by atoms with E-state index in [4.69, 9.17) is 0 Å². The minimum absolute atomic E-state index is 0.270. The number of fused-ring (bicyclic) bond motifs is 8. The van der Waals surface area contributed by atoms with Gasteiger partial charge >= 0.3 is 228 Å². The molecule has 0 aliphatic rings. The van der Waals surface area contributed by atoms with Crippen LogP contribution in [0, 0.1) is 0 Å². The van der Waals surface area contributed by atoms with Gasteiger partial charge in [0.15, 0.2) is 0 Å². The van der Waals surface area contributed by atoms with Gasteiger partial charge in [-0.25, -0.2) is 0 Å². The Kier molecular flexibility index (Phi) is 4.91. The zero-order chi connectivity index (χ0) is 25.1. The van der Waals surface area contributed by atoms with Crippen molar-refractivity contribution >= 4 is 83.2 Å². The van der Waals surface area contributed by atoms with Crippen LogP contribution >= 0.6 is 0 Å². The summed E-state index contributed by atoms with van der Waals surface area (Å²) in [6.07, 6.45) is 0. The molecule has 0 spiro atoms. The van der Waals surface area contributed by atoms with E-state index in [-0.39, 0.29) is 14.5 Å². The van der Waals surface area contributed by atoms with Gasteiger partial charge in [0, 0.05) is 0 Å². The summed E-state index contributed by atoms with van der Waals surface area (Å²) in [5, 5.41) is 10.6. The van der Waals surface area contributed by atoms with E-state index in [1.807, 2.05) is 0 Å². The second kappa shape index (κ2) is 8.60. The number of nitrogens with zero attached hydrogens (tertiary/aromatic N) is 1. The fourth-order valence-corrected chi connectivity index (χ4v) is 8.46. The van der Waals surface area contributed by atoms with Crippen molar-refractivity contribution < 1.29 is 0 Å². The molecule has 1 nitrogen and oxygen atoms in total. The van der Waals surface area contributed by atoms with Gasteiger partial charge in [-0.3, -0.25) is 0 Å². The van der Waals surface area contributed by atoms with Crippen molar-refractivity contribution in [2.75, 3.05) is 4.90 Å². The average Bonchev–Trinajstić information content (AvgIpc) is 3.36. The van der Waals surface area contributed by atoms with Crippen molar-refractivity contribution in [2.24, 2.45) is 0 Å². The minimum atomic E-state index is 0.270. The van der Waals surface area contributed by atoms with Crippen LogP contribution in [0.2, 0.25) is 0 Å². The monoisotopic (exact) mass is 549 g/mol.